The van der Waals surface area contributed by atoms with Crippen LogP contribution in [-0.4, -0.2) is 0 Å². The van der Waals surface area contributed by atoms with E-state index in [4.69, 9.17) is 0 Å². The van der Waals surface area contributed by atoms with Crippen molar-refractivity contribution >= 4 is 0 Å². The summed E-state index contributed by atoms with van der Waals surface area (Å²) in [5, 5.41) is 0. The maximum Gasteiger partial charge on any atom is 0.212 e. The fraction of sp³-hybridized carbons (Fsp3) is 0.190. The number of nitrogens with zero attached hydrogens (tertiary/aromatic N) is 1. The Kier molecular flexibility index (Phi) is 4.06. The fourth-order valence-corrected chi connectivity index (χ4v) is 2.97. The van der Waals surface area contributed by atoms with E-state index >= 15 is 0 Å². The van der Waals surface area contributed by atoms with Crippen molar-refractivity contribution in [3.8, 4) is 22.4 Å². The first-order valence-electron chi connectivity index (χ1n) is 7.84. The number of hydrogen-bond acceptors (Lipinski definition) is 0. The molecule has 0 saturated carbocycles. The molecule has 1 heteroatoms. The standard InChI is InChI=1S/C21H22N/c1-4-17-14-19(18-8-6-5-7-9-18)11-12-20(17)21-13-10-16(2)15-22(21)3/h5-15H,4H2,1-3H3/q+1. The van der Waals surface area contributed by atoms with E-state index in [0.717, 1.165) is 6.42 Å². The number of pyridine rings is 1. The van der Waals surface area contributed by atoms with Crippen LogP contribution in [0.2, 0.25) is 0 Å². The van der Waals surface area contributed by atoms with Crippen LogP contribution in [0.3, 0.4) is 0 Å². The second-order valence-corrected chi connectivity index (χ2v) is 5.79. The minimum atomic E-state index is 1.03. The van der Waals surface area contributed by atoms with Crippen LogP contribution in [0.1, 0.15) is 18.1 Å². The summed E-state index contributed by atoms with van der Waals surface area (Å²) >= 11 is 0. The lowest BCUT2D eigenvalue weighted by Gasteiger charge is -2.10. The van der Waals surface area contributed by atoms with Crippen LogP contribution >= 0.6 is 0 Å². The third-order valence-electron chi connectivity index (χ3n) is 4.15. The van der Waals surface area contributed by atoms with Crippen molar-refractivity contribution in [3.63, 3.8) is 0 Å². The third-order valence-corrected chi connectivity index (χ3v) is 4.15. The third kappa shape index (κ3) is 2.80. The lowest BCUT2D eigenvalue weighted by atomic mass is 9.95. The van der Waals surface area contributed by atoms with Gasteiger partial charge in [0.1, 0.15) is 7.05 Å². The first-order valence-corrected chi connectivity index (χ1v) is 7.84. The summed E-state index contributed by atoms with van der Waals surface area (Å²) in [6, 6.07) is 21.8. The molecule has 0 fully saturated rings. The van der Waals surface area contributed by atoms with Crippen molar-refractivity contribution in [2.75, 3.05) is 0 Å². The van der Waals surface area contributed by atoms with Gasteiger partial charge in [0, 0.05) is 17.2 Å². The van der Waals surface area contributed by atoms with Crippen LogP contribution in [0.4, 0.5) is 0 Å². The Hall–Kier alpha value is -2.41. The first kappa shape index (κ1) is 14.5. The van der Waals surface area contributed by atoms with Gasteiger partial charge in [-0.15, -0.1) is 0 Å². The minimum Gasteiger partial charge on any atom is -0.201 e. The minimum absolute atomic E-state index is 1.03. The van der Waals surface area contributed by atoms with E-state index in [1.165, 1.54) is 33.5 Å². The number of aromatic nitrogens is 1. The van der Waals surface area contributed by atoms with E-state index in [2.05, 4.69) is 92.3 Å². The summed E-state index contributed by atoms with van der Waals surface area (Å²) < 4.78 is 2.21. The average molecular weight is 288 g/mol. The monoisotopic (exact) mass is 288 g/mol. The summed E-state index contributed by atoms with van der Waals surface area (Å²) in [6.45, 7) is 4.35. The van der Waals surface area contributed by atoms with Gasteiger partial charge in [0.2, 0.25) is 5.69 Å². The maximum atomic E-state index is 2.32. The maximum absolute atomic E-state index is 2.32. The molecule has 1 heterocycles. The Labute approximate surface area is 132 Å². The molecule has 0 saturated heterocycles. The predicted octanol–water partition coefficient (Wildman–Crippen LogP) is 4.72. The molecular formula is C21H22N+. The molecule has 0 bridgehead atoms. The van der Waals surface area contributed by atoms with E-state index in [1.54, 1.807) is 0 Å². The van der Waals surface area contributed by atoms with E-state index in [1.807, 2.05) is 0 Å². The normalized spacial score (nSPS) is 10.7. The Morgan fingerprint density at radius 1 is 0.864 bits per heavy atom. The average Bonchev–Trinajstić information content (AvgIpc) is 2.55. The fourth-order valence-electron chi connectivity index (χ4n) is 2.97. The highest BCUT2D eigenvalue weighted by atomic mass is 14.9. The largest absolute Gasteiger partial charge is 0.212 e. The highest BCUT2D eigenvalue weighted by Crippen LogP contribution is 2.27. The van der Waals surface area contributed by atoms with Gasteiger partial charge in [0.25, 0.3) is 0 Å². The molecule has 3 aromatic rings. The molecule has 0 N–H and O–H groups in total. The molecule has 22 heavy (non-hydrogen) atoms. The van der Waals surface area contributed by atoms with Crippen molar-refractivity contribution in [1.82, 2.24) is 0 Å². The van der Waals surface area contributed by atoms with E-state index in [0.29, 0.717) is 0 Å². The summed E-state index contributed by atoms with van der Waals surface area (Å²) in [4.78, 5) is 0. The van der Waals surface area contributed by atoms with Crippen LogP contribution < -0.4 is 4.57 Å². The van der Waals surface area contributed by atoms with Crippen molar-refractivity contribution in [1.29, 1.82) is 0 Å². The summed E-state index contributed by atoms with van der Waals surface area (Å²) in [5.74, 6) is 0. The highest BCUT2D eigenvalue weighted by molar-refractivity contribution is 5.71. The van der Waals surface area contributed by atoms with Crippen molar-refractivity contribution in [2.24, 2.45) is 7.05 Å². The van der Waals surface area contributed by atoms with Crippen LogP contribution in [0.25, 0.3) is 22.4 Å². The molecule has 0 aliphatic carbocycles. The van der Waals surface area contributed by atoms with Crippen LogP contribution in [0, 0.1) is 6.92 Å². The lowest BCUT2D eigenvalue weighted by molar-refractivity contribution is -0.660. The molecule has 2 aromatic carbocycles. The van der Waals surface area contributed by atoms with Crippen LogP contribution in [0.15, 0.2) is 66.9 Å². The van der Waals surface area contributed by atoms with Gasteiger partial charge in [-0.1, -0.05) is 49.4 Å². The summed E-state index contributed by atoms with van der Waals surface area (Å²) in [5.41, 5.74) is 7.82. The van der Waals surface area contributed by atoms with E-state index in [9.17, 15) is 0 Å². The topological polar surface area (TPSA) is 3.88 Å². The number of aryl methyl sites for hydroxylation is 3. The van der Waals surface area contributed by atoms with Gasteiger partial charge in [-0.05, 0) is 42.2 Å². The van der Waals surface area contributed by atoms with Gasteiger partial charge in [-0.3, -0.25) is 0 Å². The van der Waals surface area contributed by atoms with Crippen LogP contribution in [-0.2, 0) is 13.5 Å². The molecule has 0 unspecified atom stereocenters. The van der Waals surface area contributed by atoms with E-state index < -0.39 is 0 Å². The van der Waals surface area contributed by atoms with Crippen molar-refractivity contribution < 1.29 is 4.57 Å². The molecule has 1 nitrogen and oxygen atoms in total. The van der Waals surface area contributed by atoms with Gasteiger partial charge in [-0.2, -0.15) is 0 Å². The zero-order chi connectivity index (χ0) is 15.5. The van der Waals surface area contributed by atoms with Gasteiger partial charge < -0.3 is 0 Å². The summed E-state index contributed by atoms with van der Waals surface area (Å²) in [6.07, 6.45) is 3.21. The molecule has 0 radical (unpaired) electrons. The SMILES string of the molecule is CCc1cc(-c2ccccc2)ccc1-c1ccc(C)c[n+]1C. The molecule has 0 atom stereocenters. The smallest absolute Gasteiger partial charge is 0.201 e. The molecule has 0 aliphatic rings. The summed E-state index contributed by atoms with van der Waals surface area (Å²) in [7, 11) is 2.12. The molecular weight excluding hydrogens is 266 g/mol. The van der Waals surface area contributed by atoms with Gasteiger partial charge in [-0.25, -0.2) is 4.57 Å². The van der Waals surface area contributed by atoms with Crippen molar-refractivity contribution in [2.45, 2.75) is 20.3 Å². The molecule has 3 rings (SSSR count). The molecule has 1 aromatic heterocycles. The number of rotatable bonds is 3. The Balaban J connectivity index is 2.10. The number of benzene rings is 2. The molecule has 0 aliphatic heterocycles. The zero-order valence-corrected chi connectivity index (χ0v) is 13.5. The zero-order valence-electron chi connectivity index (χ0n) is 13.5. The predicted molar refractivity (Wildman–Crippen MR) is 92.6 cm³/mol. The molecule has 110 valence electrons. The first-order chi connectivity index (χ1) is 10.7. The van der Waals surface area contributed by atoms with Gasteiger partial charge >= 0.3 is 0 Å². The Morgan fingerprint density at radius 2 is 1.64 bits per heavy atom. The van der Waals surface area contributed by atoms with Gasteiger partial charge in [0.15, 0.2) is 6.20 Å². The Morgan fingerprint density at radius 3 is 2.32 bits per heavy atom. The Bertz CT molecular complexity index is 788. The highest BCUT2D eigenvalue weighted by Gasteiger charge is 2.14. The second-order valence-electron chi connectivity index (χ2n) is 5.79. The number of hydrogen-bond donors (Lipinski definition) is 0. The van der Waals surface area contributed by atoms with Gasteiger partial charge in [0.05, 0.1) is 0 Å². The van der Waals surface area contributed by atoms with E-state index in [-0.39, 0.29) is 0 Å². The lowest BCUT2D eigenvalue weighted by Crippen LogP contribution is -2.31. The van der Waals surface area contributed by atoms with Crippen molar-refractivity contribution in [3.05, 3.63) is 78.0 Å². The second kappa shape index (κ2) is 6.15. The molecule has 0 amide bonds. The van der Waals surface area contributed by atoms with Crippen LogP contribution in [0.5, 0.6) is 0 Å². The molecule has 0 spiro atoms. The quantitative estimate of drug-likeness (QED) is 0.614.